The van der Waals surface area contributed by atoms with Crippen LogP contribution in [0.1, 0.15) is 11.1 Å². The number of nitrogen functional groups attached to an aromatic ring is 1. The van der Waals surface area contributed by atoms with Gasteiger partial charge < -0.3 is 10.5 Å². The number of anilines is 2. The normalized spacial score (nSPS) is 11.0. The predicted molar refractivity (Wildman–Crippen MR) is 76.1 cm³/mol. The molecule has 0 atom stereocenters. The average molecular weight is 310 g/mol. The van der Waals surface area contributed by atoms with E-state index in [-0.39, 0.29) is 12.3 Å². The molecule has 0 aromatic heterocycles. The molecule has 3 N–H and O–H groups in total. The van der Waals surface area contributed by atoms with Gasteiger partial charge in [-0.2, -0.15) is 13.2 Å². The van der Waals surface area contributed by atoms with Crippen molar-refractivity contribution in [2.24, 2.45) is 0 Å². The van der Waals surface area contributed by atoms with Gasteiger partial charge in [-0.05, 0) is 35.9 Å². The van der Waals surface area contributed by atoms with E-state index >= 15 is 0 Å². The van der Waals surface area contributed by atoms with Crippen molar-refractivity contribution in [1.82, 2.24) is 0 Å². The van der Waals surface area contributed by atoms with Gasteiger partial charge in [0, 0.05) is 11.4 Å². The Hall–Kier alpha value is -2.70. The van der Waals surface area contributed by atoms with Crippen molar-refractivity contribution in [1.29, 1.82) is 0 Å². The van der Waals surface area contributed by atoms with E-state index in [0.717, 1.165) is 12.1 Å². The van der Waals surface area contributed by atoms with Crippen LogP contribution in [0.5, 0.6) is 0 Å². The fourth-order valence-corrected chi connectivity index (χ4v) is 1.76. The van der Waals surface area contributed by atoms with E-state index in [9.17, 15) is 18.0 Å². The quantitative estimate of drug-likeness (QED) is 0.841. The monoisotopic (exact) mass is 310 g/mol. The molecule has 0 fully saturated rings. The number of nitrogens with one attached hydrogen (secondary N) is 1. The largest absolute Gasteiger partial charge is 0.444 e. The second kappa shape index (κ2) is 6.38. The number of rotatable bonds is 3. The highest BCUT2D eigenvalue weighted by Gasteiger charge is 2.30. The minimum absolute atomic E-state index is 0.00685. The standard InChI is InChI=1S/C15H13F3N2O2/c16-15(17,18)11-4-2-6-13(8-11)20-14(21)22-9-10-3-1-5-12(19)7-10/h1-8H,9,19H2,(H,20,21). The summed E-state index contributed by atoms with van der Waals surface area (Å²) in [5, 5.41) is 2.25. The maximum atomic E-state index is 12.6. The lowest BCUT2D eigenvalue weighted by molar-refractivity contribution is -0.137. The van der Waals surface area contributed by atoms with Gasteiger partial charge in [0.05, 0.1) is 5.56 Å². The molecule has 0 aliphatic rings. The van der Waals surface area contributed by atoms with Crippen molar-refractivity contribution in [3.63, 3.8) is 0 Å². The minimum atomic E-state index is -4.47. The molecule has 0 bridgehead atoms. The van der Waals surface area contributed by atoms with Crippen LogP contribution in [0.15, 0.2) is 48.5 Å². The summed E-state index contributed by atoms with van der Waals surface area (Å²) in [4.78, 5) is 11.6. The van der Waals surface area contributed by atoms with Gasteiger partial charge in [-0.25, -0.2) is 4.79 Å². The summed E-state index contributed by atoms with van der Waals surface area (Å²) >= 11 is 0. The number of benzene rings is 2. The van der Waals surface area contributed by atoms with E-state index in [1.165, 1.54) is 12.1 Å². The summed E-state index contributed by atoms with van der Waals surface area (Å²) in [6, 6.07) is 11.1. The van der Waals surface area contributed by atoms with Crippen molar-refractivity contribution in [3.05, 3.63) is 59.7 Å². The van der Waals surface area contributed by atoms with E-state index in [0.29, 0.717) is 11.3 Å². The SMILES string of the molecule is Nc1cccc(COC(=O)Nc2cccc(C(F)(F)F)c2)c1. The number of carbonyl (C=O) groups excluding carboxylic acids is 1. The highest BCUT2D eigenvalue weighted by Crippen LogP contribution is 2.30. The van der Waals surface area contributed by atoms with Crippen LogP contribution >= 0.6 is 0 Å². The first kappa shape index (κ1) is 15.7. The summed E-state index contributed by atoms with van der Waals surface area (Å²) < 4.78 is 42.6. The maximum absolute atomic E-state index is 12.6. The molecular formula is C15H13F3N2O2. The second-order valence-corrected chi connectivity index (χ2v) is 4.52. The lowest BCUT2D eigenvalue weighted by Gasteiger charge is -2.10. The van der Waals surface area contributed by atoms with E-state index in [2.05, 4.69) is 5.32 Å². The highest BCUT2D eigenvalue weighted by molar-refractivity contribution is 5.84. The molecule has 0 spiro atoms. The van der Waals surface area contributed by atoms with Crippen LogP contribution in [0.3, 0.4) is 0 Å². The molecule has 0 aliphatic carbocycles. The third-order valence-corrected chi connectivity index (χ3v) is 2.76. The van der Waals surface area contributed by atoms with Crippen molar-refractivity contribution in [2.45, 2.75) is 12.8 Å². The number of amides is 1. The fraction of sp³-hybridized carbons (Fsp3) is 0.133. The molecule has 0 saturated heterocycles. The number of carbonyl (C=O) groups is 1. The molecule has 4 nitrogen and oxygen atoms in total. The molecule has 2 aromatic carbocycles. The topological polar surface area (TPSA) is 64.3 Å². The molecule has 7 heteroatoms. The van der Waals surface area contributed by atoms with Crippen LogP contribution in [0.25, 0.3) is 0 Å². The zero-order chi connectivity index (χ0) is 16.2. The Bertz CT molecular complexity index is 672. The van der Waals surface area contributed by atoms with Gasteiger partial charge >= 0.3 is 12.3 Å². The van der Waals surface area contributed by atoms with E-state index in [1.807, 2.05) is 0 Å². The minimum Gasteiger partial charge on any atom is -0.444 e. The van der Waals surface area contributed by atoms with Crippen molar-refractivity contribution in [2.75, 3.05) is 11.1 Å². The number of halogens is 3. The van der Waals surface area contributed by atoms with Crippen LogP contribution in [-0.4, -0.2) is 6.09 Å². The Morgan fingerprint density at radius 1 is 1.14 bits per heavy atom. The molecule has 22 heavy (non-hydrogen) atoms. The van der Waals surface area contributed by atoms with Crippen molar-refractivity contribution < 1.29 is 22.7 Å². The Labute approximate surface area is 124 Å². The Morgan fingerprint density at radius 2 is 1.86 bits per heavy atom. The summed E-state index contributed by atoms with van der Waals surface area (Å²) in [6.07, 6.45) is -5.31. The van der Waals surface area contributed by atoms with Crippen molar-refractivity contribution >= 4 is 17.5 Å². The number of hydrogen-bond acceptors (Lipinski definition) is 3. The van der Waals surface area contributed by atoms with E-state index in [1.54, 1.807) is 24.3 Å². The summed E-state index contributed by atoms with van der Waals surface area (Å²) in [7, 11) is 0. The number of alkyl halides is 3. The van der Waals surface area contributed by atoms with Crippen molar-refractivity contribution in [3.8, 4) is 0 Å². The second-order valence-electron chi connectivity index (χ2n) is 4.52. The third-order valence-electron chi connectivity index (χ3n) is 2.76. The van der Waals surface area contributed by atoms with Crippen LogP contribution < -0.4 is 11.1 Å². The summed E-state index contributed by atoms with van der Waals surface area (Å²) in [5.74, 6) is 0. The van der Waals surface area contributed by atoms with Gasteiger partial charge in [-0.3, -0.25) is 5.32 Å². The smallest absolute Gasteiger partial charge is 0.416 e. The molecule has 0 radical (unpaired) electrons. The number of ether oxygens (including phenoxy) is 1. The van der Waals surface area contributed by atoms with Crippen LogP contribution in [0, 0.1) is 0 Å². The first-order chi connectivity index (χ1) is 10.3. The third kappa shape index (κ3) is 4.41. The molecule has 0 aliphatic heterocycles. The predicted octanol–water partition coefficient (Wildman–Crippen LogP) is 4.04. The lowest BCUT2D eigenvalue weighted by Crippen LogP contribution is -2.14. The number of hydrogen-bond donors (Lipinski definition) is 2. The zero-order valence-corrected chi connectivity index (χ0v) is 11.4. The summed E-state index contributed by atoms with van der Waals surface area (Å²) in [5.41, 5.74) is 5.95. The Kier molecular flexibility index (Phi) is 4.55. The van der Waals surface area contributed by atoms with Crippen LogP contribution in [0.4, 0.5) is 29.3 Å². The van der Waals surface area contributed by atoms with Gasteiger partial charge in [0.1, 0.15) is 6.61 Å². The number of nitrogens with two attached hydrogens (primary N) is 1. The fourth-order valence-electron chi connectivity index (χ4n) is 1.76. The molecule has 2 aromatic rings. The van der Waals surface area contributed by atoms with Gasteiger partial charge in [0.25, 0.3) is 0 Å². The first-order valence-electron chi connectivity index (χ1n) is 6.30. The van der Waals surface area contributed by atoms with Crippen LogP contribution in [0.2, 0.25) is 0 Å². The highest BCUT2D eigenvalue weighted by atomic mass is 19.4. The lowest BCUT2D eigenvalue weighted by atomic mass is 10.2. The van der Waals surface area contributed by atoms with Gasteiger partial charge in [0.2, 0.25) is 0 Å². The van der Waals surface area contributed by atoms with E-state index in [4.69, 9.17) is 10.5 Å². The van der Waals surface area contributed by atoms with Gasteiger partial charge in [0.15, 0.2) is 0 Å². The molecule has 1 amide bonds. The van der Waals surface area contributed by atoms with Gasteiger partial charge in [-0.15, -0.1) is 0 Å². The molecule has 0 saturated carbocycles. The van der Waals surface area contributed by atoms with Crippen LogP contribution in [-0.2, 0) is 17.5 Å². The first-order valence-corrected chi connectivity index (χ1v) is 6.30. The molecule has 0 unspecified atom stereocenters. The Morgan fingerprint density at radius 3 is 2.55 bits per heavy atom. The van der Waals surface area contributed by atoms with Gasteiger partial charge in [-0.1, -0.05) is 18.2 Å². The maximum Gasteiger partial charge on any atom is 0.416 e. The molecule has 0 heterocycles. The zero-order valence-electron chi connectivity index (χ0n) is 11.4. The van der Waals surface area contributed by atoms with E-state index < -0.39 is 17.8 Å². The summed E-state index contributed by atoms with van der Waals surface area (Å²) in [6.45, 7) is -0.0319. The molecule has 2 rings (SSSR count). The average Bonchev–Trinajstić information content (AvgIpc) is 2.45. The molecular weight excluding hydrogens is 297 g/mol. The Balaban J connectivity index is 1.95. The molecule has 116 valence electrons.